The number of carbonyl (C=O) groups is 1. The average molecular weight is 551 g/mol. The molecule has 38 heavy (non-hydrogen) atoms. The van der Waals surface area contributed by atoms with Crippen LogP contribution in [0.25, 0.3) is 22.2 Å². The van der Waals surface area contributed by atoms with Gasteiger partial charge in [-0.25, -0.2) is 17.8 Å². The highest BCUT2D eigenvalue weighted by Crippen LogP contribution is 2.27. The maximum absolute atomic E-state index is 13.4. The zero-order valence-electron chi connectivity index (χ0n) is 20.1. The van der Waals surface area contributed by atoms with E-state index in [0.717, 1.165) is 46.3 Å². The monoisotopic (exact) mass is 550 g/mol. The minimum atomic E-state index is -4.13. The normalized spacial score (nSPS) is 12.4. The fourth-order valence-electron chi connectivity index (χ4n) is 4.00. The Hall–Kier alpha value is -4.06. The summed E-state index contributed by atoms with van der Waals surface area (Å²) in [5.74, 6) is -0.420. The number of H-pyrrole nitrogens is 1. The van der Waals surface area contributed by atoms with E-state index in [0.29, 0.717) is 16.6 Å². The molecule has 0 radical (unpaired) electrons. The summed E-state index contributed by atoms with van der Waals surface area (Å²) in [6.45, 7) is 0. The van der Waals surface area contributed by atoms with Crippen molar-refractivity contribution in [1.29, 1.82) is 0 Å². The Morgan fingerprint density at radius 1 is 1.08 bits per heavy atom. The molecule has 11 heteroatoms. The predicted molar refractivity (Wildman–Crippen MR) is 145 cm³/mol. The molecule has 5 rings (SSSR count). The van der Waals surface area contributed by atoms with Crippen LogP contribution in [0.5, 0.6) is 5.75 Å². The van der Waals surface area contributed by atoms with E-state index in [1.165, 1.54) is 11.3 Å². The van der Waals surface area contributed by atoms with E-state index in [-0.39, 0.29) is 11.3 Å². The van der Waals surface area contributed by atoms with Crippen molar-refractivity contribution < 1.29 is 22.3 Å². The Bertz CT molecular complexity index is 1680. The minimum absolute atomic E-state index is 0.0764. The van der Waals surface area contributed by atoms with Crippen molar-refractivity contribution in [3.05, 3.63) is 95.8 Å². The van der Waals surface area contributed by atoms with Crippen molar-refractivity contribution in [2.75, 3.05) is 12.4 Å². The Labute approximate surface area is 222 Å². The van der Waals surface area contributed by atoms with Crippen molar-refractivity contribution in [2.45, 2.75) is 17.4 Å². The number of nitrogens with one attached hydrogen (secondary N) is 3. The molecule has 2 aromatic heterocycles. The van der Waals surface area contributed by atoms with E-state index in [1.54, 1.807) is 18.7 Å². The third-order valence-corrected chi connectivity index (χ3v) is 8.20. The highest BCUT2D eigenvalue weighted by molar-refractivity contribution is 7.89. The summed E-state index contributed by atoms with van der Waals surface area (Å²) >= 11 is 1.23. The number of benzene rings is 3. The van der Waals surface area contributed by atoms with Crippen molar-refractivity contribution in [1.82, 2.24) is 14.7 Å². The summed E-state index contributed by atoms with van der Waals surface area (Å²) < 4.78 is 47.3. The molecule has 2 heterocycles. The molecule has 0 unspecified atom stereocenters. The number of hydrogen-bond acceptors (Lipinski definition) is 6. The van der Waals surface area contributed by atoms with Crippen LogP contribution in [0.3, 0.4) is 0 Å². The topological polar surface area (TPSA) is 113 Å². The third-order valence-electron chi connectivity index (χ3n) is 5.96. The van der Waals surface area contributed by atoms with Crippen molar-refractivity contribution in [3.8, 4) is 17.0 Å². The smallest absolute Gasteiger partial charge is 0.244 e. The number of aromatic nitrogens is 2. The second-order valence-corrected chi connectivity index (χ2v) is 11.0. The van der Waals surface area contributed by atoms with Crippen LogP contribution in [0.4, 0.5) is 9.52 Å². The van der Waals surface area contributed by atoms with Gasteiger partial charge in [0.1, 0.15) is 17.6 Å². The first-order chi connectivity index (χ1) is 18.3. The van der Waals surface area contributed by atoms with Gasteiger partial charge >= 0.3 is 0 Å². The van der Waals surface area contributed by atoms with E-state index >= 15 is 0 Å². The quantitative estimate of drug-likeness (QED) is 0.240. The van der Waals surface area contributed by atoms with E-state index in [1.807, 2.05) is 48.5 Å². The van der Waals surface area contributed by atoms with Gasteiger partial charge in [-0.2, -0.15) is 4.72 Å². The average Bonchev–Trinajstić information content (AvgIpc) is 3.56. The fraction of sp³-hybridized carbons (Fsp3) is 0.111. The standard InChI is InChI=1S/C27H23FN4O4S2/c1-36-20-10-6-17(7-11-20)25-16-37-27(30-25)31-26(33)24(14-18-15-29-23-5-3-2-4-22(18)23)32-38(34,35)21-12-8-19(28)9-13-21/h2-13,15-16,24,29,32H,14H2,1H3,(H,30,31,33)/t24-/m0/s1. The number of nitrogens with zero attached hydrogens (tertiary/aromatic N) is 1. The van der Waals surface area contributed by atoms with Gasteiger partial charge in [-0.3, -0.25) is 4.79 Å². The molecule has 0 aliphatic heterocycles. The SMILES string of the molecule is COc1ccc(-c2csc(NC(=O)[C@H](Cc3c[nH]c4ccccc34)NS(=O)(=O)c3ccc(F)cc3)n2)cc1. The Kier molecular flexibility index (Phi) is 7.23. The number of anilines is 1. The summed E-state index contributed by atoms with van der Waals surface area (Å²) in [5, 5.41) is 5.75. The van der Waals surface area contributed by atoms with Gasteiger partial charge in [-0.05, 0) is 66.6 Å². The lowest BCUT2D eigenvalue weighted by Crippen LogP contribution is -2.45. The van der Waals surface area contributed by atoms with E-state index in [9.17, 15) is 17.6 Å². The predicted octanol–water partition coefficient (Wildman–Crippen LogP) is 4.97. The number of rotatable bonds is 9. The van der Waals surface area contributed by atoms with Gasteiger partial charge in [0.15, 0.2) is 5.13 Å². The molecule has 0 spiro atoms. The zero-order valence-corrected chi connectivity index (χ0v) is 21.8. The first kappa shape index (κ1) is 25.6. The number of halogens is 1. The molecule has 1 atom stereocenters. The Balaban J connectivity index is 1.40. The Morgan fingerprint density at radius 2 is 1.82 bits per heavy atom. The van der Waals surface area contributed by atoms with Crippen LogP contribution >= 0.6 is 11.3 Å². The third kappa shape index (κ3) is 5.59. The summed E-state index contributed by atoms with van der Waals surface area (Å²) in [6.07, 6.45) is 1.83. The number of sulfonamides is 1. The van der Waals surface area contributed by atoms with Crippen LogP contribution in [0.1, 0.15) is 5.56 Å². The highest BCUT2D eigenvalue weighted by Gasteiger charge is 2.28. The van der Waals surface area contributed by atoms with Gasteiger partial charge in [0.25, 0.3) is 0 Å². The number of methoxy groups -OCH3 is 1. The molecule has 194 valence electrons. The minimum Gasteiger partial charge on any atom is -0.497 e. The molecular weight excluding hydrogens is 527 g/mol. The lowest BCUT2D eigenvalue weighted by Gasteiger charge is -2.18. The summed E-state index contributed by atoms with van der Waals surface area (Å²) in [5.41, 5.74) is 3.13. The summed E-state index contributed by atoms with van der Waals surface area (Å²) in [7, 11) is -2.55. The second kappa shape index (κ2) is 10.7. The van der Waals surface area contributed by atoms with Crippen LogP contribution in [-0.4, -0.2) is 37.4 Å². The first-order valence-electron chi connectivity index (χ1n) is 11.6. The van der Waals surface area contributed by atoms with Gasteiger partial charge < -0.3 is 15.0 Å². The van der Waals surface area contributed by atoms with Gasteiger partial charge in [-0.1, -0.05) is 18.2 Å². The molecule has 0 bridgehead atoms. The van der Waals surface area contributed by atoms with E-state index < -0.39 is 27.8 Å². The molecular formula is C27H23FN4O4S2. The largest absolute Gasteiger partial charge is 0.497 e. The maximum Gasteiger partial charge on any atom is 0.244 e. The zero-order chi connectivity index (χ0) is 26.7. The van der Waals surface area contributed by atoms with Crippen LogP contribution in [0, 0.1) is 5.82 Å². The molecule has 5 aromatic rings. The van der Waals surface area contributed by atoms with Crippen molar-refractivity contribution in [2.24, 2.45) is 0 Å². The number of fused-ring (bicyclic) bond motifs is 1. The van der Waals surface area contributed by atoms with Gasteiger partial charge in [0.2, 0.25) is 15.9 Å². The fourth-order valence-corrected chi connectivity index (χ4v) is 5.91. The van der Waals surface area contributed by atoms with Crippen molar-refractivity contribution >= 4 is 43.3 Å². The maximum atomic E-state index is 13.4. The molecule has 0 aliphatic rings. The lowest BCUT2D eigenvalue weighted by atomic mass is 10.1. The van der Waals surface area contributed by atoms with E-state index in [4.69, 9.17) is 4.74 Å². The highest BCUT2D eigenvalue weighted by atomic mass is 32.2. The number of aromatic amines is 1. The molecule has 0 fully saturated rings. The number of carbonyl (C=O) groups excluding carboxylic acids is 1. The first-order valence-corrected chi connectivity index (χ1v) is 13.9. The molecule has 8 nitrogen and oxygen atoms in total. The van der Waals surface area contributed by atoms with E-state index in [2.05, 4.69) is 20.0 Å². The van der Waals surface area contributed by atoms with Crippen LogP contribution in [0.2, 0.25) is 0 Å². The number of amides is 1. The van der Waals surface area contributed by atoms with Crippen LogP contribution in [0.15, 0.2) is 89.3 Å². The summed E-state index contributed by atoms with van der Waals surface area (Å²) in [4.78, 5) is 20.9. The van der Waals surface area contributed by atoms with Crippen LogP contribution in [-0.2, 0) is 21.2 Å². The summed E-state index contributed by atoms with van der Waals surface area (Å²) in [6, 6.07) is 18.1. The van der Waals surface area contributed by atoms with Gasteiger partial charge in [0.05, 0.1) is 17.7 Å². The Morgan fingerprint density at radius 3 is 2.55 bits per heavy atom. The molecule has 0 saturated carbocycles. The number of thiazole rings is 1. The van der Waals surface area contributed by atoms with Gasteiger partial charge in [-0.15, -0.1) is 11.3 Å². The molecule has 3 N–H and O–H groups in total. The molecule has 0 aliphatic carbocycles. The lowest BCUT2D eigenvalue weighted by molar-refractivity contribution is -0.117. The number of ether oxygens (including phenoxy) is 1. The number of hydrogen-bond donors (Lipinski definition) is 3. The molecule has 1 amide bonds. The molecule has 3 aromatic carbocycles. The van der Waals surface area contributed by atoms with Crippen molar-refractivity contribution in [3.63, 3.8) is 0 Å². The second-order valence-electron chi connectivity index (χ2n) is 8.45. The molecule has 0 saturated heterocycles. The van der Waals surface area contributed by atoms with Crippen LogP contribution < -0.4 is 14.8 Å². The number of para-hydroxylation sites is 1. The van der Waals surface area contributed by atoms with Gasteiger partial charge in [0, 0.05) is 28.0 Å².